The zero-order valence-corrected chi connectivity index (χ0v) is 12.7. The molecule has 0 radical (unpaired) electrons. The number of fused-ring (bicyclic) bond motifs is 1. The van der Waals surface area contributed by atoms with Gasteiger partial charge in [0.05, 0.1) is 17.7 Å². The quantitative estimate of drug-likeness (QED) is 0.801. The topological polar surface area (TPSA) is 67.9 Å². The zero-order chi connectivity index (χ0) is 15.5. The molecule has 0 aliphatic carbocycles. The minimum Gasteiger partial charge on any atom is -0.463 e. The molecule has 1 aromatic carbocycles. The maximum Gasteiger partial charge on any atom is 0.316 e. The number of nitrogens with zero attached hydrogens (tertiary/aromatic N) is 2. The lowest BCUT2D eigenvalue weighted by Gasteiger charge is -2.07. The molecule has 112 valence electrons. The molecule has 0 aliphatic rings. The molecule has 5 nitrogen and oxygen atoms in total. The van der Waals surface area contributed by atoms with Crippen molar-refractivity contribution in [3.63, 3.8) is 0 Å². The van der Waals surface area contributed by atoms with Crippen LogP contribution in [0.25, 0.3) is 22.0 Å². The van der Waals surface area contributed by atoms with Crippen molar-refractivity contribution >= 4 is 22.5 Å². The summed E-state index contributed by atoms with van der Waals surface area (Å²) in [6.07, 6.45) is 4.10. The minimum absolute atomic E-state index is 0.213. The van der Waals surface area contributed by atoms with E-state index in [4.69, 9.17) is 16.3 Å². The van der Waals surface area contributed by atoms with E-state index in [2.05, 4.69) is 15.0 Å². The lowest BCUT2D eigenvalue weighted by atomic mass is 10.1. The van der Waals surface area contributed by atoms with E-state index >= 15 is 0 Å². The van der Waals surface area contributed by atoms with E-state index in [0.717, 1.165) is 17.4 Å². The monoisotopic (exact) mass is 315 g/mol. The van der Waals surface area contributed by atoms with E-state index in [9.17, 15) is 4.79 Å². The molecule has 6 heteroatoms. The lowest BCUT2D eigenvalue weighted by Crippen LogP contribution is -2.10. The zero-order valence-electron chi connectivity index (χ0n) is 12.0. The molecule has 3 aromatic rings. The lowest BCUT2D eigenvalue weighted by molar-refractivity contribution is 0.293. The molecule has 3 rings (SSSR count). The van der Waals surface area contributed by atoms with E-state index in [1.165, 1.54) is 0 Å². The van der Waals surface area contributed by atoms with Gasteiger partial charge in [0.2, 0.25) is 0 Å². The van der Waals surface area contributed by atoms with Crippen LogP contribution in [0.2, 0.25) is 5.02 Å². The second kappa shape index (κ2) is 6.15. The highest BCUT2D eigenvalue weighted by Gasteiger charge is 2.12. The second-order valence-corrected chi connectivity index (χ2v) is 5.24. The molecule has 0 saturated carbocycles. The fourth-order valence-corrected chi connectivity index (χ4v) is 2.28. The molecule has 22 heavy (non-hydrogen) atoms. The van der Waals surface area contributed by atoms with Crippen molar-refractivity contribution in [2.24, 2.45) is 0 Å². The number of aromatic amines is 1. The summed E-state index contributed by atoms with van der Waals surface area (Å²) in [7, 11) is 0. The number of pyridine rings is 1. The third-order valence-corrected chi connectivity index (χ3v) is 3.44. The Morgan fingerprint density at radius 3 is 2.77 bits per heavy atom. The third kappa shape index (κ3) is 2.80. The normalized spacial score (nSPS) is 10.8. The SMILES string of the molecule is CCCOc1ncc2c[nH]c(=O)c(-c3ccc(Cl)cc3)c2n1. The van der Waals surface area contributed by atoms with E-state index in [-0.39, 0.29) is 11.6 Å². The first-order valence-electron chi connectivity index (χ1n) is 6.96. The van der Waals surface area contributed by atoms with Crippen molar-refractivity contribution in [1.29, 1.82) is 0 Å². The molecule has 1 N–H and O–H groups in total. The van der Waals surface area contributed by atoms with Gasteiger partial charge < -0.3 is 9.72 Å². The molecule has 0 bridgehead atoms. The number of hydrogen-bond acceptors (Lipinski definition) is 4. The fraction of sp³-hybridized carbons (Fsp3) is 0.188. The maximum absolute atomic E-state index is 12.3. The highest BCUT2D eigenvalue weighted by Crippen LogP contribution is 2.25. The van der Waals surface area contributed by atoms with Crippen molar-refractivity contribution in [2.75, 3.05) is 6.61 Å². The molecular formula is C16H14ClN3O2. The van der Waals surface area contributed by atoms with Gasteiger partial charge >= 0.3 is 6.01 Å². The summed E-state index contributed by atoms with van der Waals surface area (Å²) >= 11 is 5.91. The van der Waals surface area contributed by atoms with Crippen LogP contribution in [0.1, 0.15) is 13.3 Å². The highest BCUT2D eigenvalue weighted by molar-refractivity contribution is 6.30. The van der Waals surface area contributed by atoms with Crippen LogP contribution in [0.15, 0.2) is 41.5 Å². The third-order valence-electron chi connectivity index (χ3n) is 3.19. The first-order valence-corrected chi connectivity index (χ1v) is 7.34. The van der Waals surface area contributed by atoms with Crippen molar-refractivity contribution in [1.82, 2.24) is 15.0 Å². The van der Waals surface area contributed by atoms with Gasteiger partial charge in [0.15, 0.2) is 0 Å². The fourth-order valence-electron chi connectivity index (χ4n) is 2.15. The van der Waals surface area contributed by atoms with Gasteiger partial charge in [0.1, 0.15) is 0 Å². The average Bonchev–Trinajstić information content (AvgIpc) is 2.54. The van der Waals surface area contributed by atoms with Crippen LogP contribution in [0.3, 0.4) is 0 Å². The van der Waals surface area contributed by atoms with Crippen LogP contribution in [-0.2, 0) is 0 Å². The van der Waals surface area contributed by atoms with Gasteiger partial charge in [-0.15, -0.1) is 0 Å². The van der Waals surface area contributed by atoms with Crippen molar-refractivity contribution < 1.29 is 4.74 Å². The maximum atomic E-state index is 12.3. The standard InChI is InChI=1S/C16H14ClN3O2/c1-2-7-22-16-19-9-11-8-18-15(21)13(14(11)20-16)10-3-5-12(17)6-4-10/h3-6,8-9H,2,7H2,1H3,(H,18,21). The molecule has 0 amide bonds. The van der Waals surface area contributed by atoms with Crippen LogP contribution in [0.5, 0.6) is 6.01 Å². The van der Waals surface area contributed by atoms with Gasteiger partial charge in [-0.1, -0.05) is 30.7 Å². The summed E-state index contributed by atoms with van der Waals surface area (Å²) in [5.74, 6) is 0. The number of nitrogens with one attached hydrogen (secondary N) is 1. The summed E-state index contributed by atoms with van der Waals surface area (Å²) in [6, 6.07) is 7.34. The van der Waals surface area contributed by atoms with Crippen molar-refractivity contribution in [2.45, 2.75) is 13.3 Å². The largest absolute Gasteiger partial charge is 0.463 e. The predicted molar refractivity (Wildman–Crippen MR) is 86.4 cm³/mol. The smallest absolute Gasteiger partial charge is 0.316 e. The summed E-state index contributed by atoms with van der Waals surface area (Å²) in [5, 5.41) is 1.36. The Bertz CT molecular complexity index is 859. The predicted octanol–water partition coefficient (Wildman–Crippen LogP) is 3.43. The van der Waals surface area contributed by atoms with Crippen LogP contribution < -0.4 is 10.3 Å². The Morgan fingerprint density at radius 2 is 2.05 bits per heavy atom. The Kier molecular flexibility index (Phi) is 4.06. The molecule has 2 heterocycles. The first kappa shape index (κ1) is 14.5. The van der Waals surface area contributed by atoms with Crippen LogP contribution in [-0.4, -0.2) is 21.6 Å². The molecule has 2 aromatic heterocycles. The summed E-state index contributed by atoms with van der Waals surface area (Å²) in [6.45, 7) is 2.54. The van der Waals surface area contributed by atoms with Crippen molar-refractivity contribution in [3.05, 3.63) is 52.0 Å². The Balaban J connectivity index is 2.20. The Morgan fingerprint density at radius 1 is 1.27 bits per heavy atom. The molecule has 0 unspecified atom stereocenters. The Hall–Kier alpha value is -2.40. The Labute approximate surface area is 132 Å². The van der Waals surface area contributed by atoms with E-state index in [1.807, 2.05) is 6.92 Å². The van der Waals surface area contributed by atoms with E-state index in [1.54, 1.807) is 36.7 Å². The van der Waals surface area contributed by atoms with Gasteiger partial charge in [0.25, 0.3) is 5.56 Å². The molecule has 0 saturated heterocycles. The van der Waals surface area contributed by atoms with Crippen LogP contribution >= 0.6 is 11.6 Å². The molecule has 0 aliphatic heterocycles. The number of hydrogen-bond donors (Lipinski definition) is 1. The van der Waals surface area contributed by atoms with Crippen molar-refractivity contribution in [3.8, 4) is 17.1 Å². The van der Waals surface area contributed by atoms with E-state index in [0.29, 0.717) is 22.7 Å². The molecular weight excluding hydrogens is 302 g/mol. The van der Waals surface area contributed by atoms with Crippen LogP contribution in [0, 0.1) is 0 Å². The van der Waals surface area contributed by atoms with E-state index < -0.39 is 0 Å². The number of halogens is 1. The number of H-pyrrole nitrogens is 1. The molecule has 0 fully saturated rings. The first-order chi connectivity index (χ1) is 10.7. The average molecular weight is 316 g/mol. The highest BCUT2D eigenvalue weighted by atomic mass is 35.5. The minimum atomic E-state index is -0.213. The number of ether oxygens (including phenoxy) is 1. The number of rotatable bonds is 4. The number of aromatic nitrogens is 3. The van der Waals surface area contributed by atoms with Crippen LogP contribution in [0.4, 0.5) is 0 Å². The molecule has 0 atom stereocenters. The van der Waals surface area contributed by atoms with Gasteiger partial charge in [-0.3, -0.25) is 4.79 Å². The van der Waals surface area contributed by atoms with Gasteiger partial charge in [0, 0.05) is 22.8 Å². The summed E-state index contributed by atoms with van der Waals surface area (Å²) in [5.41, 5.74) is 1.58. The number of benzene rings is 1. The summed E-state index contributed by atoms with van der Waals surface area (Å²) in [4.78, 5) is 23.5. The van der Waals surface area contributed by atoms with Gasteiger partial charge in [-0.2, -0.15) is 4.98 Å². The molecule has 0 spiro atoms. The summed E-state index contributed by atoms with van der Waals surface area (Å²) < 4.78 is 5.46. The van der Waals surface area contributed by atoms with Gasteiger partial charge in [-0.25, -0.2) is 4.98 Å². The second-order valence-electron chi connectivity index (χ2n) is 4.80. The van der Waals surface area contributed by atoms with Gasteiger partial charge in [-0.05, 0) is 24.1 Å².